The number of aromatic nitrogens is 2. The number of hydrogen-bond donors (Lipinski definition) is 3. The number of fused-ring (bicyclic) bond motifs is 1. The molecule has 0 spiro atoms. The monoisotopic (exact) mass is 506 g/mol. The van der Waals surface area contributed by atoms with Gasteiger partial charge in [-0.1, -0.05) is 12.1 Å². The molecule has 0 aliphatic heterocycles. The van der Waals surface area contributed by atoms with Gasteiger partial charge < -0.3 is 5.32 Å². The van der Waals surface area contributed by atoms with Gasteiger partial charge in [-0.25, -0.2) is 27.7 Å². The van der Waals surface area contributed by atoms with Crippen LogP contribution in [0.4, 0.5) is 8.78 Å². The fourth-order valence-electron chi connectivity index (χ4n) is 3.85. The van der Waals surface area contributed by atoms with Crippen molar-refractivity contribution in [2.24, 2.45) is 0 Å². The second-order valence-corrected chi connectivity index (χ2v) is 10.9. The number of benzene rings is 2. The van der Waals surface area contributed by atoms with Gasteiger partial charge in [-0.2, -0.15) is 0 Å². The van der Waals surface area contributed by atoms with Crippen LogP contribution in [0.2, 0.25) is 0 Å². The number of aryl methyl sites for hydroxylation is 1. The Kier molecular flexibility index (Phi) is 6.97. The first-order valence-electron chi connectivity index (χ1n) is 10.9. The van der Waals surface area contributed by atoms with E-state index in [1.54, 1.807) is 6.07 Å². The molecule has 2 aromatic carbocycles. The van der Waals surface area contributed by atoms with Gasteiger partial charge in [-0.3, -0.25) is 19.4 Å². The third-order valence-electron chi connectivity index (χ3n) is 5.96. The Morgan fingerprint density at radius 3 is 2.54 bits per heavy atom. The smallest absolute Gasteiger partial charge is 0.261 e. The molecule has 0 bridgehead atoms. The van der Waals surface area contributed by atoms with E-state index in [2.05, 4.69) is 10.3 Å². The Bertz CT molecular complexity index is 1450. The van der Waals surface area contributed by atoms with Crippen molar-refractivity contribution < 1.29 is 27.2 Å². The van der Waals surface area contributed by atoms with E-state index in [0.717, 1.165) is 41.6 Å². The number of nitrogens with one attached hydrogen (secondary N) is 2. The molecule has 1 aliphatic rings. The first kappa shape index (κ1) is 24.9. The van der Waals surface area contributed by atoms with Crippen molar-refractivity contribution in [3.63, 3.8) is 0 Å². The standard InChI is InChI=1S/C23H24F2N4O5S/c1-35(33,34)21(22(30)28-32)6-7-29-12-27-20-10-16(19(25)9-17(20)23(29)31)15-5-2-13(8-18(15)24)11-26-14-3-4-14/h2,5,8-10,12,14,21,26,32H,3-4,6-7,11H2,1H3,(H,28,30)/t21-/m1/s1. The minimum Gasteiger partial charge on any atom is -0.310 e. The lowest BCUT2D eigenvalue weighted by atomic mass is 10.0. The molecule has 3 aromatic rings. The molecule has 1 saturated carbocycles. The van der Waals surface area contributed by atoms with E-state index in [4.69, 9.17) is 5.21 Å². The summed E-state index contributed by atoms with van der Waals surface area (Å²) >= 11 is 0. The van der Waals surface area contributed by atoms with Crippen LogP contribution in [0.5, 0.6) is 0 Å². The second-order valence-electron chi connectivity index (χ2n) is 8.64. The van der Waals surface area contributed by atoms with Crippen molar-refractivity contribution in [2.45, 2.75) is 43.6 Å². The quantitative estimate of drug-likeness (QED) is 0.299. The normalized spacial score (nSPS) is 14.7. The van der Waals surface area contributed by atoms with E-state index >= 15 is 0 Å². The van der Waals surface area contributed by atoms with Crippen LogP contribution in [0.25, 0.3) is 22.0 Å². The van der Waals surface area contributed by atoms with Crippen LogP contribution < -0.4 is 16.4 Å². The lowest BCUT2D eigenvalue weighted by Gasteiger charge is -2.14. The molecular formula is C23H24F2N4O5S. The number of amides is 1. The molecule has 1 aliphatic carbocycles. The van der Waals surface area contributed by atoms with Gasteiger partial charge >= 0.3 is 0 Å². The number of carbonyl (C=O) groups is 1. The molecule has 9 nitrogen and oxygen atoms in total. The summed E-state index contributed by atoms with van der Waals surface area (Å²) in [5.41, 5.74) is 1.51. The molecule has 1 fully saturated rings. The van der Waals surface area contributed by atoms with Crippen LogP contribution >= 0.6 is 0 Å². The van der Waals surface area contributed by atoms with Crippen molar-refractivity contribution in [2.75, 3.05) is 6.26 Å². The average Bonchev–Trinajstić information content (AvgIpc) is 3.63. The molecule has 35 heavy (non-hydrogen) atoms. The number of rotatable bonds is 9. The molecule has 1 heterocycles. The molecule has 4 rings (SSSR count). The van der Waals surface area contributed by atoms with Crippen LogP contribution in [0, 0.1) is 11.6 Å². The minimum atomic E-state index is -3.86. The van der Waals surface area contributed by atoms with Crippen molar-refractivity contribution in [3.8, 4) is 11.1 Å². The van der Waals surface area contributed by atoms with Gasteiger partial charge in [0, 0.05) is 36.5 Å². The lowest BCUT2D eigenvalue weighted by Crippen LogP contribution is -2.39. The zero-order valence-corrected chi connectivity index (χ0v) is 19.6. The molecule has 1 atom stereocenters. The van der Waals surface area contributed by atoms with Gasteiger partial charge in [0.25, 0.3) is 11.5 Å². The van der Waals surface area contributed by atoms with Crippen molar-refractivity contribution in [1.82, 2.24) is 20.3 Å². The Morgan fingerprint density at radius 2 is 1.91 bits per heavy atom. The summed E-state index contributed by atoms with van der Waals surface area (Å²) in [6.45, 7) is 0.296. The van der Waals surface area contributed by atoms with Gasteiger partial charge in [-0.15, -0.1) is 0 Å². The van der Waals surface area contributed by atoms with Crippen molar-refractivity contribution >= 4 is 26.6 Å². The topological polar surface area (TPSA) is 130 Å². The maximum absolute atomic E-state index is 15.0. The van der Waals surface area contributed by atoms with E-state index in [1.807, 2.05) is 0 Å². The summed E-state index contributed by atoms with van der Waals surface area (Å²) in [6, 6.07) is 7.27. The van der Waals surface area contributed by atoms with E-state index in [0.29, 0.717) is 12.6 Å². The third kappa shape index (κ3) is 5.55. The fourth-order valence-corrected chi connectivity index (χ4v) is 4.82. The van der Waals surface area contributed by atoms with E-state index in [-0.39, 0.29) is 35.0 Å². The number of sulfone groups is 1. The lowest BCUT2D eigenvalue weighted by molar-refractivity contribution is -0.128. The SMILES string of the molecule is CS(=O)(=O)[C@H](CCn1cnc2cc(-c3ccc(CNC4CC4)cc3F)c(F)cc2c1=O)C(=O)NO. The highest BCUT2D eigenvalue weighted by Crippen LogP contribution is 2.29. The van der Waals surface area contributed by atoms with Crippen LogP contribution in [0.1, 0.15) is 24.8 Å². The number of nitrogens with zero attached hydrogens (tertiary/aromatic N) is 2. The summed E-state index contributed by atoms with van der Waals surface area (Å²) in [5, 5.41) is 10.4. The van der Waals surface area contributed by atoms with Crippen LogP contribution in [-0.4, -0.2) is 46.6 Å². The van der Waals surface area contributed by atoms with Crippen molar-refractivity contribution in [1.29, 1.82) is 0 Å². The minimum absolute atomic E-state index is 0.0385. The molecule has 186 valence electrons. The van der Waals surface area contributed by atoms with Gasteiger partial charge in [0.1, 0.15) is 16.9 Å². The number of hydrogen-bond acceptors (Lipinski definition) is 7. The molecule has 12 heteroatoms. The molecule has 0 radical (unpaired) electrons. The van der Waals surface area contributed by atoms with Crippen molar-refractivity contribution in [3.05, 3.63) is 64.2 Å². The zero-order chi connectivity index (χ0) is 25.3. The summed E-state index contributed by atoms with van der Waals surface area (Å²) < 4.78 is 54.5. The van der Waals surface area contributed by atoms with Crippen LogP contribution in [0.15, 0.2) is 41.5 Å². The van der Waals surface area contributed by atoms with Gasteiger partial charge in [-0.05, 0) is 43.0 Å². The summed E-state index contributed by atoms with van der Waals surface area (Å²) in [5.74, 6) is -2.53. The molecule has 1 aromatic heterocycles. The van der Waals surface area contributed by atoms with Gasteiger partial charge in [0.05, 0.1) is 17.2 Å². The first-order valence-corrected chi connectivity index (χ1v) is 12.9. The second kappa shape index (κ2) is 9.80. The Hall–Kier alpha value is -3.22. The Balaban J connectivity index is 1.61. The molecule has 1 amide bonds. The first-order chi connectivity index (χ1) is 16.6. The zero-order valence-electron chi connectivity index (χ0n) is 18.8. The molecular weight excluding hydrogens is 482 g/mol. The maximum atomic E-state index is 15.0. The fraction of sp³-hybridized carbons (Fsp3) is 0.348. The number of carbonyl (C=O) groups excluding carboxylic acids is 1. The summed E-state index contributed by atoms with van der Waals surface area (Å²) in [4.78, 5) is 28.7. The average molecular weight is 507 g/mol. The van der Waals surface area contributed by atoms with Gasteiger partial charge in [0.2, 0.25) is 0 Å². The largest absolute Gasteiger partial charge is 0.310 e. The van der Waals surface area contributed by atoms with E-state index in [1.165, 1.54) is 23.7 Å². The molecule has 0 unspecified atom stereocenters. The predicted molar refractivity (Wildman–Crippen MR) is 124 cm³/mol. The number of hydroxylamine groups is 1. The Morgan fingerprint density at radius 1 is 1.20 bits per heavy atom. The summed E-state index contributed by atoms with van der Waals surface area (Å²) in [7, 11) is -3.86. The highest BCUT2D eigenvalue weighted by molar-refractivity contribution is 7.92. The summed E-state index contributed by atoms with van der Waals surface area (Å²) in [6.07, 6.45) is 3.87. The molecule has 0 saturated heterocycles. The van der Waals surface area contributed by atoms with Crippen LogP contribution in [0.3, 0.4) is 0 Å². The van der Waals surface area contributed by atoms with Crippen LogP contribution in [-0.2, 0) is 27.7 Å². The number of halogens is 2. The maximum Gasteiger partial charge on any atom is 0.261 e. The highest BCUT2D eigenvalue weighted by atomic mass is 32.2. The highest BCUT2D eigenvalue weighted by Gasteiger charge is 2.28. The van der Waals surface area contributed by atoms with E-state index < -0.39 is 38.2 Å². The molecule has 3 N–H and O–H groups in total. The Labute approximate surface area is 199 Å². The third-order valence-corrected chi connectivity index (χ3v) is 7.44. The van der Waals surface area contributed by atoms with Gasteiger partial charge in [0.15, 0.2) is 9.84 Å². The predicted octanol–water partition coefficient (Wildman–Crippen LogP) is 1.90. The van der Waals surface area contributed by atoms with E-state index in [9.17, 15) is 26.8 Å².